The van der Waals surface area contributed by atoms with Crippen LogP contribution >= 0.6 is 0 Å². The molecule has 3 rings (SSSR count). The minimum Gasteiger partial charge on any atom is -0.490 e. The number of para-hydroxylation sites is 1. The van der Waals surface area contributed by atoms with Crippen LogP contribution < -0.4 is 10.1 Å². The van der Waals surface area contributed by atoms with Crippen molar-refractivity contribution in [1.29, 1.82) is 0 Å². The molecule has 2 aliphatic heterocycles. The Morgan fingerprint density at radius 3 is 3.29 bits per heavy atom. The summed E-state index contributed by atoms with van der Waals surface area (Å²) >= 11 is 0. The number of hydrogen-bond acceptors (Lipinski definition) is 2. The van der Waals surface area contributed by atoms with Gasteiger partial charge in [-0.1, -0.05) is 12.1 Å². The highest BCUT2D eigenvalue weighted by atomic mass is 19.1. The molecule has 1 N–H and O–H groups in total. The summed E-state index contributed by atoms with van der Waals surface area (Å²) < 4.78 is 18.8. The zero-order valence-electron chi connectivity index (χ0n) is 7.79. The van der Waals surface area contributed by atoms with E-state index in [1.165, 1.54) is 6.07 Å². The molecule has 0 aliphatic carbocycles. The SMILES string of the molecule is Fc1cccc2c1OCC1CCNC21. The van der Waals surface area contributed by atoms with E-state index in [0.29, 0.717) is 24.3 Å². The Kier molecular flexibility index (Phi) is 1.74. The Labute approximate surface area is 82.1 Å². The van der Waals surface area contributed by atoms with E-state index in [0.717, 1.165) is 18.5 Å². The van der Waals surface area contributed by atoms with Crippen molar-refractivity contribution in [3.63, 3.8) is 0 Å². The summed E-state index contributed by atoms with van der Waals surface area (Å²) in [7, 11) is 0. The lowest BCUT2D eigenvalue weighted by atomic mass is 9.92. The van der Waals surface area contributed by atoms with Gasteiger partial charge in [0.1, 0.15) is 0 Å². The summed E-state index contributed by atoms with van der Waals surface area (Å²) in [6, 6.07) is 5.45. The maximum Gasteiger partial charge on any atom is 0.165 e. The molecule has 2 nitrogen and oxygen atoms in total. The molecule has 0 spiro atoms. The summed E-state index contributed by atoms with van der Waals surface area (Å²) in [5, 5.41) is 3.40. The van der Waals surface area contributed by atoms with Crippen molar-refractivity contribution in [2.75, 3.05) is 13.2 Å². The van der Waals surface area contributed by atoms with Crippen LogP contribution in [0.5, 0.6) is 5.75 Å². The molecule has 2 heterocycles. The summed E-state index contributed by atoms with van der Waals surface area (Å²) in [4.78, 5) is 0. The van der Waals surface area contributed by atoms with Crippen LogP contribution in [-0.4, -0.2) is 13.2 Å². The Balaban J connectivity index is 2.09. The van der Waals surface area contributed by atoms with E-state index >= 15 is 0 Å². The van der Waals surface area contributed by atoms with Crippen LogP contribution in [0.4, 0.5) is 4.39 Å². The molecule has 0 saturated carbocycles. The van der Waals surface area contributed by atoms with Crippen LogP contribution in [0.25, 0.3) is 0 Å². The monoisotopic (exact) mass is 193 g/mol. The molecular weight excluding hydrogens is 181 g/mol. The fourth-order valence-corrected chi connectivity index (χ4v) is 2.41. The molecule has 0 aromatic heterocycles. The highest BCUT2D eigenvalue weighted by Gasteiger charge is 2.35. The van der Waals surface area contributed by atoms with Gasteiger partial charge in [0.05, 0.1) is 6.61 Å². The number of nitrogens with one attached hydrogen (secondary N) is 1. The third kappa shape index (κ3) is 1.05. The smallest absolute Gasteiger partial charge is 0.165 e. The lowest BCUT2D eigenvalue weighted by Crippen LogP contribution is -2.27. The maximum absolute atomic E-state index is 13.4. The number of hydrogen-bond donors (Lipinski definition) is 1. The third-order valence-corrected chi connectivity index (χ3v) is 3.13. The molecule has 1 saturated heterocycles. The first-order valence-corrected chi connectivity index (χ1v) is 5.01. The van der Waals surface area contributed by atoms with Crippen molar-refractivity contribution in [3.8, 4) is 5.75 Å². The zero-order valence-corrected chi connectivity index (χ0v) is 7.79. The van der Waals surface area contributed by atoms with E-state index < -0.39 is 0 Å². The van der Waals surface area contributed by atoms with Gasteiger partial charge in [-0.3, -0.25) is 0 Å². The fraction of sp³-hybridized carbons (Fsp3) is 0.455. The predicted molar refractivity (Wildman–Crippen MR) is 50.7 cm³/mol. The molecule has 1 fully saturated rings. The van der Waals surface area contributed by atoms with Gasteiger partial charge in [-0.25, -0.2) is 4.39 Å². The normalized spacial score (nSPS) is 29.2. The lowest BCUT2D eigenvalue weighted by Gasteiger charge is -2.28. The Morgan fingerprint density at radius 2 is 2.36 bits per heavy atom. The molecule has 0 bridgehead atoms. The largest absolute Gasteiger partial charge is 0.490 e. The average molecular weight is 193 g/mol. The molecule has 14 heavy (non-hydrogen) atoms. The topological polar surface area (TPSA) is 21.3 Å². The highest BCUT2D eigenvalue weighted by molar-refractivity contribution is 5.39. The van der Waals surface area contributed by atoms with Crippen molar-refractivity contribution >= 4 is 0 Å². The van der Waals surface area contributed by atoms with Gasteiger partial charge < -0.3 is 10.1 Å². The standard InChI is InChI=1S/C11H12FNO/c12-9-3-1-2-8-10-7(4-5-13-10)6-14-11(8)9/h1-3,7,10,13H,4-6H2. The number of ether oxygens (including phenoxy) is 1. The number of halogens is 1. The molecule has 2 atom stereocenters. The van der Waals surface area contributed by atoms with Gasteiger partial charge in [0.15, 0.2) is 11.6 Å². The summed E-state index contributed by atoms with van der Waals surface area (Å²) in [6.45, 7) is 1.65. The second kappa shape index (κ2) is 2.95. The maximum atomic E-state index is 13.4. The van der Waals surface area contributed by atoms with Crippen molar-refractivity contribution in [3.05, 3.63) is 29.6 Å². The van der Waals surface area contributed by atoms with Crippen LogP contribution in [0, 0.1) is 11.7 Å². The van der Waals surface area contributed by atoms with Gasteiger partial charge >= 0.3 is 0 Å². The van der Waals surface area contributed by atoms with Crippen molar-refractivity contribution in [1.82, 2.24) is 5.32 Å². The van der Waals surface area contributed by atoms with E-state index in [9.17, 15) is 4.39 Å². The van der Waals surface area contributed by atoms with Crippen molar-refractivity contribution < 1.29 is 9.13 Å². The Morgan fingerprint density at radius 1 is 1.43 bits per heavy atom. The Bertz CT molecular complexity index is 366. The van der Waals surface area contributed by atoms with Crippen LogP contribution in [0.15, 0.2) is 18.2 Å². The lowest BCUT2D eigenvalue weighted by molar-refractivity contribution is 0.196. The van der Waals surface area contributed by atoms with Crippen LogP contribution in [-0.2, 0) is 0 Å². The van der Waals surface area contributed by atoms with Gasteiger partial charge in [0, 0.05) is 17.5 Å². The van der Waals surface area contributed by atoms with Crippen molar-refractivity contribution in [2.45, 2.75) is 12.5 Å². The number of rotatable bonds is 0. The van der Waals surface area contributed by atoms with E-state index in [2.05, 4.69) is 5.32 Å². The molecule has 3 heteroatoms. The van der Waals surface area contributed by atoms with E-state index in [1.807, 2.05) is 6.07 Å². The minimum absolute atomic E-state index is 0.241. The first-order valence-electron chi connectivity index (χ1n) is 5.01. The molecule has 74 valence electrons. The molecule has 2 aliphatic rings. The van der Waals surface area contributed by atoms with Crippen LogP contribution in [0.3, 0.4) is 0 Å². The summed E-state index contributed by atoms with van der Waals surface area (Å²) in [5.74, 6) is 0.724. The zero-order chi connectivity index (χ0) is 9.54. The Hall–Kier alpha value is -1.09. The summed E-state index contributed by atoms with van der Waals surface area (Å²) in [6.07, 6.45) is 1.13. The van der Waals surface area contributed by atoms with Gasteiger partial charge in [-0.05, 0) is 19.0 Å². The fourth-order valence-electron chi connectivity index (χ4n) is 2.41. The van der Waals surface area contributed by atoms with E-state index in [-0.39, 0.29) is 5.82 Å². The highest BCUT2D eigenvalue weighted by Crippen LogP contribution is 2.40. The predicted octanol–water partition coefficient (Wildman–Crippen LogP) is 1.87. The van der Waals surface area contributed by atoms with Crippen molar-refractivity contribution in [2.24, 2.45) is 5.92 Å². The van der Waals surface area contributed by atoms with Gasteiger partial charge in [0.25, 0.3) is 0 Å². The van der Waals surface area contributed by atoms with Gasteiger partial charge in [0.2, 0.25) is 0 Å². The van der Waals surface area contributed by atoms with Gasteiger partial charge in [-0.2, -0.15) is 0 Å². The number of benzene rings is 1. The first kappa shape index (κ1) is 8.24. The molecule has 1 aromatic rings. The van der Waals surface area contributed by atoms with Crippen LogP contribution in [0.1, 0.15) is 18.0 Å². The third-order valence-electron chi connectivity index (χ3n) is 3.13. The van der Waals surface area contributed by atoms with Crippen LogP contribution in [0.2, 0.25) is 0 Å². The van der Waals surface area contributed by atoms with Gasteiger partial charge in [-0.15, -0.1) is 0 Å². The molecular formula is C11H12FNO. The number of fused-ring (bicyclic) bond motifs is 3. The quantitative estimate of drug-likeness (QED) is 0.679. The average Bonchev–Trinajstić information content (AvgIpc) is 2.66. The summed E-state index contributed by atoms with van der Waals surface area (Å²) in [5.41, 5.74) is 0.985. The molecule has 1 aromatic carbocycles. The second-order valence-electron chi connectivity index (χ2n) is 3.95. The van der Waals surface area contributed by atoms with E-state index in [4.69, 9.17) is 4.74 Å². The van der Waals surface area contributed by atoms with E-state index in [1.54, 1.807) is 6.07 Å². The first-order chi connectivity index (χ1) is 6.86. The molecule has 0 amide bonds. The molecule has 0 radical (unpaired) electrons. The second-order valence-corrected chi connectivity index (χ2v) is 3.95. The molecule has 2 unspecified atom stereocenters. The minimum atomic E-state index is -0.241.